The monoisotopic (exact) mass is 351 g/mol. The molecule has 0 radical (unpaired) electrons. The third kappa shape index (κ3) is 3.54. The lowest BCUT2D eigenvalue weighted by atomic mass is 10.1. The van der Waals surface area contributed by atoms with Crippen molar-refractivity contribution in [3.05, 3.63) is 54.1 Å². The molecule has 0 bridgehead atoms. The van der Waals surface area contributed by atoms with Crippen LogP contribution in [0.5, 0.6) is 17.2 Å². The lowest BCUT2D eigenvalue weighted by Crippen LogP contribution is -2.03. The van der Waals surface area contributed by atoms with Gasteiger partial charge in [-0.05, 0) is 37.3 Å². The Labute approximate surface area is 152 Å². The van der Waals surface area contributed by atoms with Gasteiger partial charge in [0.25, 0.3) is 0 Å². The van der Waals surface area contributed by atoms with Crippen molar-refractivity contribution >= 4 is 22.4 Å². The predicted octanol–water partition coefficient (Wildman–Crippen LogP) is 4.10. The van der Waals surface area contributed by atoms with Gasteiger partial charge < -0.3 is 14.2 Å². The summed E-state index contributed by atoms with van der Waals surface area (Å²) < 4.78 is 16.1. The molecule has 1 N–H and O–H groups in total. The largest absolute Gasteiger partial charge is 0.493 e. The average Bonchev–Trinajstić information content (AvgIpc) is 2.70. The smallest absolute Gasteiger partial charge is 0.203 e. The number of anilines is 1. The maximum Gasteiger partial charge on any atom is 0.203 e. The van der Waals surface area contributed by atoms with Gasteiger partial charge in [0.15, 0.2) is 11.5 Å². The first-order chi connectivity index (χ1) is 12.7. The molecule has 3 rings (SSSR count). The van der Waals surface area contributed by atoms with E-state index in [1.807, 2.05) is 55.5 Å². The van der Waals surface area contributed by atoms with E-state index >= 15 is 0 Å². The molecule has 0 aliphatic rings. The van der Waals surface area contributed by atoms with Gasteiger partial charge in [0.05, 0.1) is 32.6 Å². The van der Waals surface area contributed by atoms with E-state index in [2.05, 4.69) is 15.5 Å². The summed E-state index contributed by atoms with van der Waals surface area (Å²) in [6.07, 6.45) is 0. The van der Waals surface area contributed by atoms with Crippen molar-refractivity contribution in [3.8, 4) is 17.2 Å². The fourth-order valence-electron chi connectivity index (χ4n) is 2.62. The number of nitrogens with zero attached hydrogens (tertiary/aromatic N) is 2. The highest BCUT2D eigenvalue weighted by molar-refractivity contribution is 6.00. The molecule has 0 amide bonds. The molecule has 0 aliphatic heterocycles. The summed E-state index contributed by atoms with van der Waals surface area (Å²) in [4.78, 5) is 4.55. The summed E-state index contributed by atoms with van der Waals surface area (Å²) in [5, 5.41) is 5.52. The van der Waals surface area contributed by atoms with Crippen molar-refractivity contribution in [1.82, 2.24) is 4.98 Å². The van der Waals surface area contributed by atoms with E-state index < -0.39 is 0 Å². The second kappa shape index (κ2) is 7.74. The molecule has 0 saturated carbocycles. The molecule has 26 heavy (non-hydrogen) atoms. The number of benzene rings is 2. The highest BCUT2D eigenvalue weighted by Crippen LogP contribution is 2.38. The van der Waals surface area contributed by atoms with Crippen molar-refractivity contribution in [2.24, 2.45) is 5.10 Å². The maximum atomic E-state index is 5.39. The standard InChI is InChI=1S/C20H21N3O3/c1-13(15-11-17(24-2)20(26-4)18(12-15)25-3)22-23-19-10-9-14-7-5-6-8-16(14)21-19/h5-12H,1-4H3,(H,21,23)/b22-13+. The minimum absolute atomic E-state index is 0.552. The minimum atomic E-state index is 0.552. The van der Waals surface area contributed by atoms with Crippen LogP contribution in [-0.2, 0) is 0 Å². The first-order valence-corrected chi connectivity index (χ1v) is 8.12. The minimum Gasteiger partial charge on any atom is -0.493 e. The zero-order chi connectivity index (χ0) is 18.5. The van der Waals surface area contributed by atoms with E-state index in [0.717, 1.165) is 22.2 Å². The van der Waals surface area contributed by atoms with Gasteiger partial charge in [-0.15, -0.1) is 0 Å². The average molecular weight is 351 g/mol. The van der Waals surface area contributed by atoms with Crippen LogP contribution in [-0.4, -0.2) is 32.0 Å². The Bertz CT molecular complexity index is 929. The number of ether oxygens (including phenoxy) is 3. The number of aromatic nitrogens is 1. The quantitative estimate of drug-likeness (QED) is 0.535. The lowest BCUT2D eigenvalue weighted by Gasteiger charge is -2.14. The molecule has 2 aromatic carbocycles. The Morgan fingerprint density at radius 3 is 2.27 bits per heavy atom. The first kappa shape index (κ1) is 17.5. The van der Waals surface area contributed by atoms with E-state index in [9.17, 15) is 0 Å². The fraction of sp³-hybridized carbons (Fsp3) is 0.200. The first-order valence-electron chi connectivity index (χ1n) is 8.12. The number of hydrogen-bond acceptors (Lipinski definition) is 6. The zero-order valence-electron chi connectivity index (χ0n) is 15.2. The van der Waals surface area contributed by atoms with Crippen molar-refractivity contribution in [3.63, 3.8) is 0 Å². The molecule has 0 atom stereocenters. The number of fused-ring (bicyclic) bond motifs is 1. The molecule has 0 spiro atoms. The number of nitrogens with one attached hydrogen (secondary N) is 1. The molecule has 6 nitrogen and oxygen atoms in total. The Hall–Kier alpha value is -3.28. The number of hydrogen-bond donors (Lipinski definition) is 1. The number of methoxy groups -OCH3 is 3. The second-order valence-corrected chi connectivity index (χ2v) is 5.61. The van der Waals surface area contributed by atoms with Crippen LogP contribution in [0.1, 0.15) is 12.5 Å². The highest BCUT2D eigenvalue weighted by Gasteiger charge is 2.14. The molecular weight excluding hydrogens is 330 g/mol. The van der Waals surface area contributed by atoms with Crippen molar-refractivity contribution in [2.45, 2.75) is 6.92 Å². The van der Waals surface area contributed by atoms with Gasteiger partial charge in [-0.2, -0.15) is 5.10 Å². The van der Waals surface area contributed by atoms with Crippen LogP contribution < -0.4 is 19.6 Å². The molecule has 134 valence electrons. The molecule has 3 aromatic rings. The van der Waals surface area contributed by atoms with Crippen molar-refractivity contribution in [1.29, 1.82) is 0 Å². The normalized spacial score (nSPS) is 11.3. The second-order valence-electron chi connectivity index (χ2n) is 5.61. The topological polar surface area (TPSA) is 65.0 Å². The Kier molecular flexibility index (Phi) is 5.22. The number of hydrazone groups is 1. The summed E-state index contributed by atoms with van der Waals surface area (Å²) in [5.74, 6) is 2.40. The lowest BCUT2D eigenvalue weighted by molar-refractivity contribution is 0.324. The third-order valence-corrected chi connectivity index (χ3v) is 4.02. The molecule has 0 saturated heterocycles. The van der Waals surface area contributed by atoms with Gasteiger partial charge in [0.2, 0.25) is 5.75 Å². The molecule has 1 heterocycles. The van der Waals surface area contributed by atoms with Crippen LogP contribution >= 0.6 is 0 Å². The van der Waals surface area contributed by atoms with Gasteiger partial charge in [-0.3, -0.25) is 5.43 Å². The molecule has 0 unspecified atom stereocenters. The van der Waals surface area contributed by atoms with Crippen LogP contribution in [0.25, 0.3) is 10.9 Å². The Balaban J connectivity index is 1.88. The SMILES string of the molecule is COc1cc(/C(C)=N/Nc2ccc3ccccc3n2)cc(OC)c1OC. The molecule has 6 heteroatoms. The molecular formula is C20H21N3O3. The molecule has 0 fully saturated rings. The number of pyridine rings is 1. The van der Waals surface area contributed by atoms with Crippen LogP contribution in [0.4, 0.5) is 5.82 Å². The Morgan fingerprint density at radius 2 is 1.62 bits per heavy atom. The van der Waals surface area contributed by atoms with E-state index in [0.29, 0.717) is 23.1 Å². The van der Waals surface area contributed by atoms with Crippen molar-refractivity contribution < 1.29 is 14.2 Å². The van der Waals surface area contributed by atoms with Gasteiger partial charge >= 0.3 is 0 Å². The number of para-hydroxylation sites is 1. The van der Waals surface area contributed by atoms with Gasteiger partial charge in [0, 0.05) is 10.9 Å². The molecule has 1 aromatic heterocycles. The zero-order valence-corrected chi connectivity index (χ0v) is 15.2. The third-order valence-electron chi connectivity index (χ3n) is 4.02. The maximum absolute atomic E-state index is 5.39. The van der Waals surface area contributed by atoms with Crippen LogP contribution in [0.15, 0.2) is 53.6 Å². The summed E-state index contributed by atoms with van der Waals surface area (Å²) in [6.45, 7) is 1.90. The summed E-state index contributed by atoms with van der Waals surface area (Å²) in [5.41, 5.74) is 5.54. The molecule has 0 aliphatic carbocycles. The Morgan fingerprint density at radius 1 is 0.923 bits per heavy atom. The fourth-order valence-corrected chi connectivity index (χ4v) is 2.62. The van der Waals surface area contributed by atoms with Crippen LogP contribution in [0.2, 0.25) is 0 Å². The predicted molar refractivity (Wildman–Crippen MR) is 104 cm³/mol. The van der Waals surface area contributed by atoms with E-state index in [4.69, 9.17) is 14.2 Å². The van der Waals surface area contributed by atoms with E-state index in [1.165, 1.54) is 0 Å². The van der Waals surface area contributed by atoms with Crippen LogP contribution in [0, 0.1) is 0 Å². The summed E-state index contributed by atoms with van der Waals surface area (Å²) >= 11 is 0. The van der Waals surface area contributed by atoms with Crippen molar-refractivity contribution in [2.75, 3.05) is 26.8 Å². The van der Waals surface area contributed by atoms with Crippen LogP contribution in [0.3, 0.4) is 0 Å². The van der Waals surface area contributed by atoms with Gasteiger partial charge in [0.1, 0.15) is 5.82 Å². The summed E-state index contributed by atoms with van der Waals surface area (Å²) in [7, 11) is 4.75. The summed E-state index contributed by atoms with van der Waals surface area (Å²) in [6, 6.07) is 15.6. The van der Waals surface area contributed by atoms with E-state index in [-0.39, 0.29) is 0 Å². The van der Waals surface area contributed by atoms with Gasteiger partial charge in [-0.25, -0.2) is 4.98 Å². The number of rotatable bonds is 6. The van der Waals surface area contributed by atoms with Gasteiger partial charge in [-0.1, -0.05) is 18.2 Å². The highest BCUT2D eigenvalue weighted by atomic mass is 16.5. The van der Waals surface area contributed by atoms with E-state index in [1.54, 1.807) is 21.3 Å².